The van der Waals surface area contributed by atoms with Gasteiger partial charge in [0.2, 0.25) is 23.6 Å². The van der Waals surface area contributed by atoms with Gasteiger partial charge in [-0.1, -0.05) is 78.7 Å². The van der Waals surface area contributed by atoms with E-state index in [-0.39, 0.29) is 56.2 Å². The van der Waals surface area contributed by atoms with E-state index in [2.05, 4.69) is 26.3 Å². The maximum atomic E-state index is 14.1. The number of nitrogens with one attached hydrogen (secondary N) is 5. The number of aliphatic imine (C=N–C) groups is 1. The molecule has 4 amide bonds. The average molecular weight is 726 g/mol. The number of aryl methyl sites for hydroxylation is 1. The summed E-state index contributed by atoms with van der Waals surface area (Å²) < 4.78 is 0. The van der Waals surface area contributed by atoms with Crippen molar-refractivity contribution in [3.63, 3.8) is 0 Å². The predicted octanol–water partition coefficient (Wildman–Crippen LogP) is 1.64. The van der Waals surface area contributed by atoms with Crippen LogP contribution in [0.3, 0.4) is 0 Å². The van der Waals surface area contributed by atoms with Crippen LogP contribution in [0.4, 0.5) is 0 Å². The van der Waals surface area contributed by atoms with Gasteiger partial charge in [0.1, 0.15) is 12.1 Å². The molecule has 1 aliphatic rings. The number of hydrogen-bond donors (Lipinski definition) is 8. The number of nitrogens with two attached hydrogens (primary N) is 3. The third-order valence-electron chi connectivity index (χ3n) is 9.24. The van der Waals surface area contributed by atoms with E-state index in [0.717, 1.165) is 27.5 Å². The summed E-state index contributed by atoms with van der Waals surface area (Å²) in [6.45, 7) is 1.71. The van der Waals surface area contributed by atoms with Gasteiger partial charge < -0.3 is 38.5 Å². The van der Waals surface area contributed by atoms with Crippen LogP contribution in [0.5, 0.6) is 0 Å². The zero-order chi connectivity index (χ0) is 38.3. The number of ketones is 1. The van der Waals surface area contributed by atoms with E-state index in [0.29, 0.717) is 25.7 Å². The zero-order valence-electron chi connectivity index (χ0n) is 30.2. The van der Waals surface area contributed by atoms with E-state index in [1.165, 1.54) is 0 Å². The SMILES string of the molecule is Cc1ccc(C[C@H]2NC(=O)CNC(=O)[C@H](Cc3ccc4ccccc4c3)NC(=O)[C@H](CCCN=C(N)N)CC(=O)[C@H](CCCCC(=N)N)NC2=O)cc1. The number of guanidine groups is 1. The first-order chi connectivity index (χ1) is 25.4. The van der Waals surface area contributed by atoms with Crippen molar-refractivity contribution in [3.05, 3.63) is 83.4 Å². The molecular formula is C39H51N9O5. The van der Waals surface area contributed by atoms with E-state index >= 15 is 0 Å². The molecule has 53 heavy (non-hydrogen) atoms. The minimum Gasteiger partial charge on any atom is -0.388 e. The van der Waals surface area contributed by atoms with Crippen LogP contribution in [0, 0.1) is 18.3 Å². The molecule has 0 bridgehead atoms. The Morgan fingerprint density at radius 3 is 2.11 bits per heavy atom. The average Bonchev–Trinajstić information content (AvgIpc) is 3.12. The summed E-state index contributed by atoms with van der Waals surface area (Å²) in [4.78, 5) is 72.9. The number of hydrogen-bond acceptors (Lipinski definition) is 7. The lowest BCUT2D eigenvalue weighted by atomic mass is 9.90. The molecule has 1 fully saturated rings. The number of benzene rings is 3. The highest BCUT2D eigenvalue weighted by Crippen LogP contribution is 2.20. The lowest BCUT2D eigenvalue weighted by Gasteiger charge is -2.25. The summed E-state index contributed by atoms with van der Waals surface area (Å²) in [6.07, 6.45) is 2.17. The second-order valence-electron chi connectivity index (χ2n) is 13.6. The van der Waals surface area contributed by atoms with Crippen LogP contribution >= 0.6 is 0 Å². The van der Waals surface area contributed by atoms with Crippen molar-refractivity contribution in [3.8, 4) is 0 Å². The van der Waals surface area contributed by atoms with E-state index in [1.807, 2.05) is 73.7 Å². The van der Waals surface area contributed by atoms with Gasteiger partial charge in [-0.15, -0.1) is 0 Å². The van der Waals surface area contributed by atoms with Gasteiger partial charge in [0, 0.05) is 38.1 Å². The van der Waals surface area contributed by atoms with E-state index < -0.39 is 54.2 Å². The number of Topliss-reactive ketones (excluding diaryl/α,β-unsaturated/α-hetero) is 1. The summed E-state index contributed by atoms with van der Waals surface area (Å²) in [5.41, 5.74) is 19.1. The van der Waals surface area contributed by atoms with Crippen molar-refractivity contribution < 1.29 is 24.0 Å². The van der Waals surface area contributed by atoms with Crippen LogP contribution in [0.1, 0.15) is 61.6 Å². The minimum atomic E-state index is -1.08. The van der Waals surface area contributed by atoms with E-state index in [4.69, 9.17) is 22.6 Å². The van der Waals surface area contributed by atoms with Crippen LogP contribution in [0.25, 0.3) is 10.8 Å². The van der Waals surface area contributed by atoms with Crippen molar-refractivity contribution in [2.24, 2.45) is 28.1 Å². The minimum absolute atomic E-state index is 0.0159. The van der Waals surface area contributed by atoms with Gasteiger partial charge in [-0.05, 0) is 54.5 Å². The molecule has 282 valence electrons. The van der Waals surface area contributed by atoms with Gasteiger partial charge in [0.05, 0.1) is 18.4 Å². The van der Waals surface area contributed by atoms with Crippen LogP contribution in [0.15, 0.2) is 71.7 Å². The number of amides is 4. The highest BCUT2D eigenvalue weighted by atomic mass is 16.2. The smallest absolute Gasteiger partial charge is 0.243 e. The standard InChI is InChI=1S/C39H51N9O5/c1-24-12-14-25(15-13-24)20-32-38(53)47-30(10-4-5-11-34(40)41)33(49)22-29(9-6-18-44-39(42)43)36(51)48-31(37(52)45-23-35(50)46-32)21-26-16-17-27-7-2-3-8-28(27)19-26/h2-3,7-8,12-17,19,29-32H,4-6,9-11,18,20-23H2,1H3,(H3,40,41)(H,45,52)(H,46,50)(H,47,53)(H,48,51)(H4,42,43,44)/t29-,30+,31+,32-/m1/s1. The molecule has 3 aromatic rings. The first kappa shape index (κ1) is 40.0. The quantitative estimate of drug-likeness (QED) is 0.0729. The molecule has 0 aliphatic carbocycles. The second kappa shape index (κ2) is 19.7. The summed E-state index contributed by atoms with van der Waals surface area (Å²) in [7, 11) is 0. The summed E-state index contributed by atoms with van der Waals surface area (Å²) in [5.74, 6) is -3.65. The fourth-order valence-corrected chi connectivity index (χ4v) is 6.31. The monoisotopic (exact) mass is 725 g/mol. The molecule has 0 saturated carbocycles. The Morgan fingerprint density at radius 2 is 1.40 bits per heavy atom. The number of carbonyl (C=O) groups is 5. The molecule has 3 aromatic carbocycles. The predicted molar refractivity (Wildman–Crippen MR) is 205 cm³/mol. The van der Waals surface area contributed by atoms with Crippen LogP contribution in [0.2, 0.25) is 0 Å². The molecule has 14 heteroatoms. The number of unbranched alkanes of at least 4 members (excludes halogenated alkanes) is 1. The number of rotatable bonds is 13. The summed E-state index contributed by atoms with van der Waals surface area (Å²) in [6, 6.07) is 17.9. The van der Waals surface area contributed by atoms with Crippen molar-refractivity contribution in [1.82, 2.24) is 21.3 Å². The highest BCUT2D eigenvalue weighted by molar-refractivity contribution is 5.97. The Balaban J connectivity index is 1.67. The molecule has 14 nitrogen and oxygen atoms in total. The summed E-state index contributed by atoms with van der Waals surface area (Å²) in [5, 5.41) is 20.6. The molecule has 1 saturated heterocycles. The lowest BCUT2D eigenvalue weighted by Crippen LogP contribution is -2.54. The highest BCUT2D eigenvalue weighted by Gasteiger charge is 2.33. The fraction of sp³-hybridized carbons (Fsp3) is 0.410. The second-order valence-corrected chi connectivity index (χ2v) is 13.6. The van der Waals surface area contributed by atoms with Gasteiger partial charge in [-0.2, -0.15) is 0 Å². The summed E-state index contributed by atoms with van der Waals surface area (Å²) >= 11 is 0. The number of fused-ring (bicyclic) bond motifs is 1. The Morgan fingerprint density at radius 1 is 0.736 bits per heavy atom. The first-order valence-electron chi connectivity index (χ1n) is 18.0. The van der Waals surface area contributed by atoms with Crippen LogP contribution in [-0.2, 0) is 36.8 Å². The van der Waals surface area contributed by atoms with Crippen molar-refractivity contribution >= 4 is 52.0 Å². The Hall–Kier alpha value is -5.79. The maximum Gasteiger partial charge on any atom is 0.243 e. The van der Waals surface area contributed by atoms with E-state index in [9.17, 15) is 24.0 Å². The first-order valence-corrected chi connectivity index (χ1v) is 18.0. The maximum absolute atomic E-state index is 14.1. The normalized spacial score (nSPS) is 20.3. The molecule has 4 atom stereocenters. The third kappa shape index (κ3) is 13.0. The topological polar surface area (TPSA) is 248 Å². The van der Waals surface area contributed by atoms with Gasteiger partial charge in [0.25, 0.3) is 0 Å². The van der Waals surface area contributed by atoms with Gasteiger partial charge in [-0.25, -0.2) is 0 Å². The van der Waals surface area contributed by atoms with Gasteiger partial charge in [-0.3, -0.25) is 34.4 Å². The van der Waals surface area contributed by atoms with Gasteiger partial charge >= 0.3 is 0 Å². The number of carbonyl (C=O) groups excluding carboxylic acids is 5. The molecule has 0 radical (unpaired) electrons. The Labute approximate surface area is 309 Å². The van der Waals surface area contributed by atoms with Crippen LogP contribution in [-0.4, -0.2) is 72.4 Å². The van der Waals surface area contributed by atoms with Crippen molar-refractivity contribution in [2.45, 2.75) is 82.8 Å². The molecule has 1 aliphatic heterocycles. The molecule has 1 heterocycles. The zero-order valence-corrected chi connectivity index (χ0v) is 30.2. The largest absolute Gasteiger partial charge is 0.388 e. The Bertz CT molecular complexity index is 1810. The molecular weight excluding hydrogens is 674 g/mol. The van der Waals surface area contributed by atoms with Crippen LogP contribution < -0.4 is 38.5 Å². The molecule has 0 aromatic heterocycles. The fourth-order valence-electron chi connectivity index (χ4n) is 6.31. The van der Waals surface area contributed by atoms with Crippen molar-refractivity contribution in [1.29, 1.82) is 5.41 Å². The Kier molecular flexibility index (Phi) is 14.9. The van der Waals surface area contributed by atoms with Crippen molar-refractivity contribution in [2.75, 3.05) is 13.1 Å². The molecule has 11 N–H and O–H groups in total. The molecule has 0 unspecified atom stereocenters. The number of nitrogens with zero attached hydrogens (tertiary/aromatic N) is 1. The lowest BCUT2D eigenvalue weighted by molar-refractivity contribution is -0.134. The van der Waals surface area contributed by atoms with E-state index in [1.54, 1.807) is 0 Å². The number of amidine groups is 1. The molecule has 4 rings (SSSR count). The third-order valence-corrected chi connectivity index (χ3v) is 9.24. The molecule has 0 spiro atoms. The van der Waals surface area contributed by atoms with Gasteiger partial charge in [0.15, 0.2) is 11.7 Å².